The molecule has 9 heteroatoms. The number of hydrogen-bond acceptors (Lipinski definition) is 7. The number of piperidine rings is 1. The molecule has 0 aliphatic carbocycles. The molecular formula is C28H34FN3O4S. The van der Waals surface area contributed by atoms with Gasteiger partial charge in [0.2, 0.25) is 0 Å². The average Bonchev–Trinajstić information content (AvgIpc) is 2.90. The zero-order valence-corrected chi connectivity index (χ0v) is 21.9. The molecule has 1 aliphatic rings. The Bertz CT molecular complexity index is 1200. The fourth-order valence-corrected chi connectivity index (χ4v) is 6.03. The number of halogens is 1. The van der Waals surface area contributed by atoms with Gasteiger partial charge >= 0.3 is 5.97 Å². The van der Waals surface area contributed by atoms with Crippen LogP contribution in [0.25, 0.3) is 10.9 Å². The second-order valence-electron chi connectivity index (χ2n) is 9.58. The summed E-state index contributed by atoms with van der Waals surface area (Å²) in [5.41, 5.74) is 1.62. The Morgan fingerprint density at radius 2 is 2.11 bits per heavy atom. The van der Waals surface area contributed by atoms with Crippen LogP contribution in [0.3, 0.4) is 0 Å². The van der Waals surface area contributed by atoms with Gasteiger partial charge in [-0.3, -0.25) is 9.78 Å². The number of benzene rings is 1. The number of rotatable bonds is 12. The van der Waals surface area contributed by atoms with E-state index in [1.165, 1.54) is 17.8 Å². The Hall–Kier alpha value is -2.75. The molecule has 1 aliphatic heterocycles. The van der Waals surface area contributed by atoms with Gasteiger partial charge in [0.1, 0.15) is 10.8 Å². The number of hydrogen-bond donors (Lipinski definition) is 2. The van der Waals surface area contributed by atoms with E-state index in [-0.39, 0.29) is 24.1 Å². The molecule has 1 fully saturated rings. The summed E-state index contributed by atoms with van der Waals surface area (Å²) in [5.74, 6) is 0.664. The SMILES string of the molecule is COc1ccc2nccc([C@H](O)CC[C@@H]3CCN(CCCSc4ncccc4F)C[C@@H]3CC(=O)O)c2c1. The van der Waals surface area contributed by atoms with E-state index in [4.69, 9.17) is 4.74 Å². The highest BCUT2D eigenvalue weighted by molar-refractivity contribution is 7.99. The van der Waals surface area contributed by atoms with E-state index in [1.807, 2.05) is 24.3 Å². The molecular weight excluding hydrogens is 493 g/mol. The molecule has 1 aromatic carbocycles. The summed E-state index contributed by atoms with van der Waals surface area (Å²) in [6.45, 7) is 2.47. The number of carboxylic acids is 1. The molecule has 3 heterocycles. The molecule has 0 saturated carbocycles. The molecule has 1 saturated heterocycles. The molecule has 0 amide bonds. The zero-order valence-electron chi connectivity index (χ0n) is 21.1. The van der Waals surface area contributed by atoms with Crippen LogP contribution in [-0.2, 0) is 4.79 Å². The maximum atomic E-state index is 13.8. The normalized spacial score (nSPS) is 19.1. The smallest absolute Gasteiger partial charge is 0.303 e. The van der Waals surface area contributed by atoms with Gasteiger partial charge in [-0.05, 0) is 92.6 Å². The maximum Gasteiger partial charge on any atom is 0.303 e. The Kier molecular flexibility index (Phi) is 9.71. The Morgan fingerprint density at radius 3 is 2.89 bits per heavy atom. The minimum atomic E-state index is -0.786. The third-order valence-electron chi connectivity index (χ3n) is 7.15. The van der Waals surface area contributed by atoms with Gasteiger partial charge in [-0.1, -0.05) is 0 Å². The van der Waals surface area contributed by atoms with Crippen molar-refractivity contribution in [2.75, 3.05) is 32.5 Å². The summed E-state index contributed by atoms with van der Waals surface area (Å²) in [6, 6.07) is 10.5. The second-order valence-corrected chi connectivity index (χ2v) is 10.7. The molecule has 2 aromatic heterocycles. The van der Waals surface area contributed by atoms with E-state index in [9.17, 15) is 19.4 Å². The first-order valence-electron chi connectivity index (χ1n) is 12.7. The summed E-state index contributed by atoms with van der Waals surface area (Å²) >= 11 is 1.41. The highest BCUT2D eigenvalue weighted by Crippen LogP contribution is 2.35. The number of likely N-dealkylation sites (tertiary alicyclic amines) is 1. The summed E-state index contributed by atoms with van der Waals surface area (Å²) in [6.07, 6.45) is 5.86. The molecule has 3 atom stereocenters. The minimum absolute atomic E-state index is 0.0358. The van der Waals surface area contributed by atoms with Crippen LogP contribution in [0.4, 0.5) is 4.39 Å². The number of carbonyl (C=O) groups is 1. The van der Waals surface area contributed by atoms with E-state index in [2.05, 4.69) is 14.9 Å². The van der Waals surface area contributed by atoms with Gasteiger partial charge in [-0.2, -0.15) is 0 Å². The standard InChI is InChI=1S/C28H34FN3O4S/c1-36-21-6-7-25-23(17-21)22(9-12-30-25)26(33)8-5-19-10-14-32(18-20(19)16-27(34)35)13-3-15-37-28-24(29)4-2-11-31-28/h2,4,6-7,9,11-12,17,19-20,26,33H,3,5,8,10,13-16,18H2,1H3,(H,34,35)/t19-,20+,26-/m1/s1. The molecule has 0 unspecified atom stereocenters. The van der Waals surface area contributed by atoms with Gasteiger partial charge in [0.05, 0.1) is 18.7 Å². The van der Waals surface area contributed by atoms with E-state index >= 15 is 0 Å². The number of aliphatic hydroxyl groups excluding tert-OH is 1. The van der Waals surface area contributed by atoms with Crippen LogP contribution in [0, 0.1) is 17.7 Å². The van der Waals surface area contributed by atoms with E-state index in [0.717, 1.165) is 61.1 Å². The van der Waals surface area contributed by atoms with Crippen molar-refractivity contribution in [1.82, 2.24) is 14.9 Å². The van der Waals surface area contributed by atoms with Gasteiger partial charge in [0, 0.05) is 36.5 Å². The second kappa shape index (κ2) is 13.2. The number of pyridine rings is 2. The Labute approximate surface area is 221 Å². The topological polar surface area (TPSA) is 95.8 Å². The number of aromatic nitrogens is 2. The van der Waals surface area contributed by atoms with Gasteiger partial charge in [0.15, 0.2) is 5.82 Å². The van der Waals surface area contributed by atoms with Gasteiger partial charge in [-0.25, -0.2) is 9.37 Å². The van der Waals surface area contributed by atoms with Crippen molar-refractivity contribution in [3.63, 3.8) is 0 Å². The van der Waals surface area contributed by atoms with Crippen molar-refractivity contribution in [2.45, 2.75) is 43.2 Å². The molecule has 2 N–H and O–H groups in total. The molecule has 0 spiro atoms. The quantitative estimate of drug-likeness (QED) is 0.246. The number of aliphatic carboxylic acids is 1. The van der Waals surface area contributed by atoms with Gasteiger partial charge in [-0.15, -0.1) is 11.8 Å². The highest BCUT2D eigenvalue weighted by Gasteiger charge is 2.31. The monoisotopic (exact) mass is 527 g/mol. The number of carboxylic acid groups (broad SMARTS) is 1. The third kappa shape index (κ3) is 7.40. The number of thioether (sulfide) groups is 1. The number of nitrogens with zero attached hydrogens (tertiary/aromatic N) is 3. The fraction of sp³-hybridized carbons (Fsp3) is 0.464. The average molecular weight is 528 g/mol. The lowest BCUT2D eigenvalue weighted by atomic mass is 9.79. The van der Waals surface area contributed by atoms with Crippen LogP contribution in [-0.4, -0.2) is 63.5 Å². The number of methoxy groups -OCH3 is 1. The van der Waals surface area contributed by atoms with Crippen molar-refractivity contribution < 1.29 is 24.1 Å². The third-order valence-corrected chi connectivity index (χ3v) is 8.21. The minimum Gasteiger partial charge on any atom is -0.497 e. The fourth-order valence-electron chi connectivity index (χ4n) is 5.22. The lowest BCUT2D eigenvalue weighted by Crippen LogP contribution is -2.42. The van der Waals surface area contributed by atoms with Gasteiger partial charge in [0.25, 0.3) is 0 Å². The van der Waals surface area contributed by atoms with Crippen LogP contribution in [0.15, 0.2) is 53.8 Å². The molecule has 0 radical (unpaired) electrons. The van der Waals surface area contributed by atoms with E-state index < -0.39 is 12.1 Å². The van der Waals surface area contributed by atoms with Crippen molar-refractivity contribution in [3.8, 4) is 5.75 Å². The highest BCUT2D eigenvalue weighted by atomic mass is 32.2. The first kappa shape index (κ1) is 27.3. The predicted octanol–water partition coefficient (Wildman–Crippen LogP) is 5.19. The van der Waals surface area contributed by atoms with Crippen molar-refractivity contribution in [3.05, 3.63) is 60.2 Å². The summed E-state index contributed by atoms with van der Waals surface area (Å²) in [4.78, 5) is 22.4. The van der Waals surface area contributed by atoms with Crippen LogP contribution in [0.2, 0.25) is 0 Å². The molecule has 4 rings (SSSR count). The lowest BCUT2D eigenvalue weighted by Gasteiger charge is -2.38. The van der Waals surface area contributed by atoms with E-state index in [0.29, 0.717) is 17.2 Å². The summed E-state index contributed by atoms with van der Waals surface area (Å²) in [7, 11) is 1.61. The van der Waals surface area contributed by atoms with Crippen molar-refractivity contribution >= 4 is 28.6 Å². The largest absolute Gasteiger partial charge is 0.497 e. The number of aliphatic hydroxyl groups is 1. The Balaban J connectivity index is 1.31. The molecule has 37 heavy (non-hydrogen) atoms. The molecule has 7 nitrogen and oxygen atoms in total. The van der Waals surface area contributed by atoms with Crippen LogP contribution < -0.4 is 4.74 Å². The first-order valence-corrected chi connectivity index (χ1v) is 13.7. The summed E-state index contributed by atoms with van der Waals surface area (Å²) in [5, 5.41) is 21.9. The van der Waals surface area contributed by atoms with Crippen molar-refractivity contribution in [1.29, 1.82) is 0 Å². The van der Waals surface area contributed by atoms with Crippen LogP contribution in [0.5, 0.6) is 5.75 Å². The van der Waals surface area contributed by atoms with Crippen LogP contribution >= 0.6 is 11.8 Å². The summed E-state index contributed by atoms with van der Waals surface area (Å²) < 4.78 is 19.1. The zero-order chi connectivity index (χ0) is 26.2. The van der Waals surface area contributed by atoms with Gasteiger partial charge < -0.3 is 19.8 Å². The molecule has 3 aromatic rings. The lowest BCUT2D eigenvalue weighted by molar-refractivity contribution is -0.139. The van der Waals surface area contributed by atoms with Crippen LogP contribution in [0.1, 0.15) is 43.8 Å². The number of ether oxygens (including phenoxy) is 1. The number of fused-ring (bicyclic) bond motifs is 1. The Morgan fingerprint density at radius 1 is 1.24 bits per heavy atom. The first-order chi connectivity index (χ1) is 17.9. The van der Waals surface area contributed by atoms with E-state index in [1.54, 1.807) is 25.6 Å². The molecule has 0 bridgehead atoms. The molecule has 198 valence electrons. The predicted molar refractivity (Wildman–Crippen MR) is 142 cm³/mol. The maximum absolute atomic E-state index is 13.8. The van der Waals surface area contributed by atoms with Crippen molar-refractivity contribution in [2.24, 2.45) is 11.8 Å².